The molecule has 1 aromatic heterocycles. The van der Waals surface area contributed by atoms with Gasteiger partial charge in [0.15, 0.2) is 0 Å². The minimum absolute atomic E-state index is 0.244. The third-order valence-corrected chi connectivity index (χ3v) is 4.88. The first-order valence-corrected chi connectivity index (χ1v) is 9.08. The van der Waals surface area contributed by atoms with E-state index in [1.807, 2.05) is 0 Å². The summed E-state index contributed by atoms with van der Waals surface area (Å²) in [7, 11) is 0. The summed E-state index contributed by atoms with van der Waals surface area (Å²) in [5, 5.41) is 9.47. The molecule has 1 aromatic carbocycles. The van der Waals surface area contributed by atoms with Gasteiger partial charge in [-0.2, -0.15) is 0 Å². The molecule has 1 aliphatic heterocycles. The molecule has 6 nitrogen and oxygen atoms in total. The highest BCUT2D eigenvalue weighted by molar-refractivity contribution is 5.65. The number of hydrogen-bond donors (Lipinski definition) is 2. The lowest BCUT2D eigenvalue weighted by Gasteiger charge is -2.24. The largest absolute Gasteiger partial charge is 0.465 e. The number of rotatable bonds is 4. The zero-order valence-corrected chi connectivity index (χ0v) is 15.4. The summed E-state index contributed by atoms with van der Waals surface area (Å²) >= 11 is 0. The van der Waals surface area contributed by atoms with E-state index in [0.717, 1.165) is 24.1 Å². The van der Waals surface area contributed by atoms with E-state index in [4.69, 9.17) is 5.73 Å². The van der Waals surface area contributed by atoms with Gasteiger partial charge in [-0.15, -0.1) is 0 Å². The summed E-state index contributed by atoms with van der Waals surface area (Å²) in [6.45, 7) is 5.49. The highest BCUT2D eigenvalue weighted by atomic mass is 16.4. The Labute approximate surface area is 154 Å². The molecule has 0 saturated heterocycles. The van der Waals surface area contributed by atoms with Crippen LogP contribution in [0.25, 0.3) is 0 Å². The third kappa shape index (κ3) is 4.31. The number of hydrogen-bond acceptors (Lipinski definition) is 4. The van der Waals surface area contributed by atoms with Crippen molar-refractivity contribution in [3.63, 3.8) is 0 Å². The van der Waals surface area contributed by atoms with E-state index >= 15 is 0 Å². The predicted molar refractivity (Wildman–Crippen MR) is 101 cm³/mol. The maximum absolute atomic E-state index is 11.5. The van der Waals surface area contributed by atoms with Gasteiger partial charge in [-0.3, -0.25) is 4.98 Å². The number of nitrogens with zero attached hydrogens (tertiary/aromatic N) is 3. The highest BCUT2D eigenvalue weighted by Gasteiger charge is 2.26. The van der Waals surface area contributed by atoms with Crippen LogP contribution in [0, 0.1) is 5.92 Å². The van der Waals surface area contributed by atoms with Gasteiger partial charge < -0.3 is 15.7 Å². The first-order valence-electron chi connectivity index (χ1n) is 9.08. The van der Waals surface area contributed by atoms with Crippen LogP contribution in [0.1, 0.15) is 48.6 Å². The normalized spacial score (nSPS) is 17.0. The Kier molecular flexibility index (Phi) is 5.40. The molecule has 0 bridgehead atoms. The minimum Gasteiger partial charge on any atom is -0.465 e. The molecule has 3 rings (SSSR count). The van der Waals surface area contributed by atoms with Gasteiger partial charge in [-0.1, -0.05) is 32.0 Å². The van der Waals surface area contributed by atoms with E-state index in [1.165, 1.54) is 11.1 Å². The van der Waals surface area contributed by atoms with Crippen LogP contribution in [0.5, 0.6) is 0 Å². The first kappa shape index (κ1) is 18.2. The van der Waals surface area contributed by atoms with Crippen LogP contribution in [-0.4, -0.2) is 39.2 Å². The summed E-state index contributed by atoms with van der Waals surface area (Å²) in [6, 6.07) is 6.50. The lowest BCUT2D eigenvalue weighted by Crippen LogP contribution is -2.33. The summed E-state index contributed by atoms with van der Waals surface area (Å²) in [5.74, 6) is 1.18. The Bertz CT molecular complexity index is 774. The van der Waals surface area contributed by atoms with E-state index in [-0.39, 0.29) is 5.92 Å². The van der Waals surface area contributed by atoms with Crippen LogP contribution in [0.3, 0.4) is 0 Å². The molecule has 1 unspecified atom stereocenters. The molecule has 0 aliphatic carbocycles. The second kappa shape index (κ2) is 7.72. The van der Waals surface area contributed by atoms with Crippen molar-refractivity contribution in [2.24, 2.45) is 5.92 Å². The van der Waals surface area contributed by atoms with E-state index in [2.05, 4.69) is 42.0 Å². The summed E-state index contributed by atoms with van der Waals surface area (Å²) in [4.78, 5) is 21.5. The van der Waals surface area contributed by atoms with Gasteiger partial charge >= 0.3 is 6.09 Å². The Hall–Kier alpha value is -2.63. The summed E-state index contributed by atoms with van der Waals surface area (Å²) < 4.78 is 0. The van der Waals surface area contributed by atoms with Crippen LogP contribution in [0.4, 0.5) is 10.6 Å². The number of benzene rings is 1. The Morgan fingerprint density at radius 1 is 1.35 bits per heavy atom. The number of fused-ring (bicyclic) bond motifs is 1. The van der Waals surface area contributed by atoms with Gasteiger partial charge in [0.05, 0.1) is 18.1 Å². The number of aromatic nitrogens is 2. The predicted octanol–water partition coefficient (Wildman–Crippen LogP) is 3.32. The molecule has 1 atom stereocenters. The molecule has 3 N–H and O–H groups in total. The molecule has 1 amide bonds. The maximum Gasteiger partial charge on any atom is 0.407 e. The number of nitrogens with two attached hydrogens (primary N) is 1. The quantitative estimate of drug-likeness (QED) is 0.879. The van der Waals surface area contributed by atoms with Gasteiger partial charge in [-0.25, -0.2) is 9.78 Å². The van der Waals surface area contributed by atoms with Crippen molar-refractivity contribution < 1.29 is 9.90 Å². The topological polar surface area (TPSA) is 92.3 Å². The average Bonchev–Trinajstić information content (AvgIpc) is 2.76. The maximum atomic E-state index is 11.5. The molecule has 0 fully saturated rings. The Morgan fingerprint density at radius 3 is 2.81 bits per heavy atom. The molecule has 0 saturated carbocycles. The minimum atomic E-state index is -0.830. The second-order valence-electron chi connectivity index (χ2n) is 7.45. The SMILES string of the molecule is CC(C)CC1CN(C(=O)O)CCc2cc(Cc3cnc(N)cn3)ccc21. The standard InChI is InChI=1S/C20H26N4O2/c1-13(2)7-16-12-24(20(25)26)6-5-15-8-14(3-4-18(15)16)9-17-10-23-19(21)11-22-17/h3-4,8,10-11,13,16H,5-7,9,12H2,1-2H3,(H2,21,23)(H,25,26). The average molecular weight is 354 g/mol. The van der Waals surface area contributed by atoms with Crippen molar-refractivity contribution in [3.8, 4) is 0 Å². The molecular formula is C20H26N4O2. The lowest BCUT2D eigenvalue weighted by atomic mass is 9.86. The van der Waals surface area contributed by atoms with Gasteiger partial charge in [0, 0.05) is 25.4 Å². The monoisotopic (exact) mass is 354 g/mol. The van der Waals surface area contributed by atoms with Crippen molar-refractivity contribution in [1.82, 2.24) is 14.9 Å². The molecule has 0 spiro atoms. The fourth-order valence-electron chi connectivity index (χ4n) is 3.70. The van der Waals surface area contributed by atoms with E-state index < -0.39 is 6.09 Å². The fraction of sp³-hybridized carbons (Fsp3) is 0.450. The van der Waals surface area contributed by atoms with Crippen molar-refractivity contribution >= 4 is 11.9 Å². The molecule has 6 heteroatoms. The van der Waals surface area contributed by atoms with E-state index in [9.17, 15) is 9.90 Å². The first-order chi connectivity index (χ1) is 12.4. The number of amides is 1. The van der Waals surface area contributed by atoms with E-state index in [0.29, 0.717) is 31.2 Å². The number of carbonyl (C=O) groups is 1. The van der Waals surface area contributed by atoms with Gasteiger partial charge in [0.25, 0.3) is 0 Å². The molecule has 2 heterocycles. The van der Waals surface area contributed by atoms with Crippen LogP contribution in [0.15, 0.2) is 30.6 Å². The van der Waals surface area contributed by atoms with Crippen molar-refractivity contribution in [3.05, 3.63) is 53.0 Å². The third-order valence-electron chi connectivity index (χ3n) is 4.88. The fourth-order valence-corrected chi connectivity index (χ4v) is 3.70. The second-order valence-corrected chi connectivity index (χ2v) is 7.45. The molecule has 2 aromatic rings. The van der Waals surface area contributed by atoms with Crippen LogP contribution in [0.2, 0.25) is 0 Å². The zero-order chi connectivity index (χ0) is 18.7. The van der Waals surface area contributed by atoms with Crippen molar-refractivity contribution in [1.29, 1.82) is 0 Å². The molecule has 0 radical (unpaired) electrons. The van der Waals surface area contributed by atoms with Crippen LogP contribution in [-0.2, 0) is 12.8 Å². The number of nitrogen functional groups attached to an aromatic ring is 1. The number of anilines is 1. The highest BCUT2D eigenvalue weighted by Crippen LogP contribution is 2.31. The lowest BCUT2D eigenvalue weighted by molar-refractivity contribution is 0.142. The van der Waals surface area contributed by atoms with E-state index in [1.54, 1.807) is 17.3 Å². The van der Waals surface area contributed by atoms with Crippen LogP contribution >= 0.6 is 0 Å². The smallest absolute Gasteiger partial charge is 0.407 e. The Morgan fingerprint density at radius 2 is 2.15 bits per heavy atom. The molecule has 1 aliphatic rings. The van der Waals surface area contributed by atoms with Crippen molar-refractivity contribution in [2.75, 3.05) is 18.8 Å². The van der Waals surface area contributed by atoms with Crippen molar-refractivity contribution in [2.45, 2.75) is 39.0 Å². The van der Waals surface area contributed by atoms with Gasteiger partial charge in [0.2, 0.25) is 0 Å². The summed E-state index contributed by atoms with van der Waals surface area (Å²) in [5.41, 5.74) is 10.2. The van der Waals surface area contributed by atoms with Gasteiger partial charge in [0.1, 0.15) is 5.82 Å². The Balaban J connectivity index is 1.87. The zero-order valence-electron chi connectivity index (χ0n) is 15.4. The molecule has 26 heavy (non-hydrogen) atoms. The van der Waals surface area contributed by atoms with Crippen LogP contribution < -0.4 is 5.73 Å². The molecular weight excluding hydrogens is 328 g/mol. The summed E-state index contributed by atoms with van der Waals surface area (Å²) in [6.07, 6.45) is 4.87. The molecule has 138 valence electrons. The van der Waals surface area contributed by atoms with Gasteiger partial charge in [-0.05, 0) is 35.4 Å². The number of carboxylic acid groups (broad SMARTS) is 1.